The van der Waals surface area contributed by atoms with Crippen molar-refractivity contribution in [2.24, 2.45) is 0 Å². The number of anilines is 3. The Bertz CT molecular complexity index is 736. The van der Waals surface area contributed by atoms with Crippen LogP contribution in [0, 0.1) is 0 Å². The lowest BCUT2D eigenvalue weighted by Crippen LogP contribution is -2.10. The third-order valence-electron chi connectivity index (χ3n) is 4.42. The summed E-state index contributed by atoms with van der Waals surface area (Å²) in [5, 5.41) is 0. The first-order chi connectivity index (χ1) is 11.7. The summed E-state index contributed by atoms with van der Waals surface area (Å²) >= 11 is 0. The van der Waals surface area contributed by atoms with Gasteiger partial charge in [-0.15, -0.1) is 0 Å². The minimum Gasteiger partial charge on any atom is -0.310 e. The van der Waals surface area contributed by atoms with Gasteiger partial charge < -0.3 is 4.90 Å². The predicted molar refractivity (Wildman–Crippen MR) is 105 cm³/mol. The molecule has 3 rings (SSSR count). The molecule has 0 aliphatic heterocycles. The number of hydrogen-bond acceptors (Lipinski definition) is 1. The molecular formula is C23H25N. The van der Waals surface area contributed by atoms with E-state index in [0.717, 1.165) is 6.42 Å². The molecule has 0 aliphatic rings. The number of hydrogen-bond donors (Lipinski definition) is 0. The Hall–Kier alpha value is -2.54. The van der Waals surface area contributed by atoms with E-state index < -0.39 is 0 Å². The van der Waals surface area contributed by atoms with Crippen molar-refractivity contribution >= 4 is 17.1 Å². The Balaban J connectivity index is 2.15. The van der Waals surface area contributed by atoms with Crippen molar-refractivity contribution in [3.05, 3.63) is 90.0 Å². The molecule has 0 radical (unpaired) electrons. The van der Waals surface area contributed by atoms with Crippen molar-refractivity contribution < 1.29 is 0 Å². The molecule has 0 spiro atoms. The van der Waals surface area contributed by atoms with Gasteiger partial charge in [0.2, 0.25) is 0 Å². The fraction of sp³-hybridized carbons (Fsp3) is 0.217. The highest BCUT2D eigenvalue weighted by molar-refractivity contribution is 5.76. The van der Waals surface area contributed by atoms with Gasteiger partial charge in [0.15, 0.2) is 0 Å². The van der Waals surface area contributed by atoms with E-state index >= 15 is 0 Å². The van der Waals surface area contributed by atoms with Crippen LogP contribution in [0.3, 0.4) is 0 Å². The highest BCUT2D eigenvalue weighted by Gasteiger charge is 2.14. The molecule has 0 aliphatic carbocycles. The summed E-state index contributed by atoms with van der Waals surface area (Å²) in [6.07, 6.45) is 1.07. The molecule has 0 atom stereocenters. The van der Waals surface area contributed by atoms with Crippen LogP contribution in [0.5, 0.6) is 0 Å². The molecule has 0 saturated carbocycles. The Morgan fingerprint density at radius 3 is 1.71 bits per heavy atom. The average Bonchev–Trinajstić information content (AvgIpc) is 2.63. The van der Waals surface area contributed by atoms with E-state index in [-0.39, 0.29) is 0 Å². The molecular weight excluding hydrogens is 290 g/mol. The molecule has 0 saturated heterocycles. The number of nitrogens with zero attached hydrogens (tertiary/aromatic N) is 1. The molecule has 3 aromatic rings. The Labute approximate surface area is 145 Å². The van der Waals surface area contributed by atoms with Crippen molar-refractivity contribution in [1.29, 1.82) is 0 Å². The first-order valence-corrected chi connectivity index (χ1v) is 8.73. The minimum atomic E-state index is 0.522. The fourth-order valence-corrected chi connectivity index (χ4v) is 3.18. The van der Waals surface area contributed by atoms with Crippen LogP contribution in [-0.4, -0.2) is 0 Å². The second kappa shape index (κ2) is 7.35. The zero-order chi connectivity index (χ0) is 16.9. The first kappa shape index (κ1) is 16.3. The highest BCUT2D eigenvalue weighted by Crippen LogP contribution is 2.36. The van der Waals surface area contributed by atoms with Crippen molar-refractivity contribution in [2.45, 2.75) is 33.1 Å². The molecule has 1 heteroatoms. The second-order valence-electron chi connectivity index (χ2n) is 6.40. The maximum Gasteiger partial charge on any atom is 0.0464 e. The summed E-state index contributed by atoms with van der Waals surface area (Å²) in [5.74, 6) is 0.522. The van der Waals surface area contributed by atoms with Gasteiger partial charge in [0.1, 0.15) is 0 Å². The molecule has 0 amide bonds. The zero-order valence-corrected chi connectivity index (χ0v) is 14.7. The van der Waals surface area contributed by atoms with Crippen molar-refractivity contribution in [1.82, 2.24) is 0 Å². The fourth-order valence-electron chi connectivity index (χ4n) is 3.18. The van der Waals surface area contributed by atoms with E-state index in [4.69, 9.17) is 0 Å². The second-order valence-corrected chi connectivity index (χ2v) is 6.40. The molecule has 122 valence electrons. The standard InChI is InChI=1S/C23H25N/c1-4-19-15-16-22(17-23(19)18(2)3)24(20-11-7-5-8-12-20)21-13-9-6-10-14-21/h5-18H,4H2,1-3H3. The van der Waals surface area contributed by atoms with E-state index in [1.807, 2.05) is 0 Å². The lowest BCUT2D eigenvalue weighted by atomic mass is 9.94. The third-order valence-corrected chi connectivity index (χ3v) is 4.42. The van der Waals surface area contributed by atoms with E-state index in [1.54, 1.807) is 0 Å². The van der Waals surface area contributed by atoms with Gasteiger partial charge in [-0.05, 0) is 59.9 Å². The predicted octanol–water partition coefficient (Wildman–Crippen LogP) is 6.84. The summed E-state index contributed by atoms with van der Waals surface area (Å²) in [7, 11) is 0. The Morgan fingerprint density at radius 2 is 1.25 bits per heavy atom. The molecule has 1 nitrogen and oxygen atoms in total. The molecule has 24 heavy (non-hydrogen) atoms. The zero-order valence-electron chi connectivity index (χ0n) is 14.7. The minimum absolute atomic E-state index is 0.522. The van der Waals surface area contributed by atoms with Crippen LogP contribution >= 0.6 is 0 Å². The van der Waals surface area contributed by atoms with Gasteiger partial charge in [-0.25, -0.2) is 0 Å². The maximum atomic E-state index is 2.35. The van der Waals surface area contributed by atoms with Crippen LogP contribution < -0.4 is 4.90 Å². The summed E-state index contributed by atoms with van der Waals surface area (Å²) < 4.78 is 0. The Kier molecular flexibility index (Phi) is 5.00. The maximum absolute atomic E-state index is 2.35. The van der Waals surface area contributed by atoms with Gasteiger partial charge in [0, 0.05) is 17.1 Å². The number of aryl methyl sites for hydroxylation is 1. The van der Waals surface area contributed by atoms with Crippen LogP contribution in [0.15, 0.2) is 78.9 Å². The van der Waals surface area contributed by atoms with Gasteiger partial charge >= 0.3 is 0 Å². The summed E-state index contributed by atoms with van der Waals surface area (Å²) in [4.78, 5) is 2.32. The normalized spacial score (nSPS) is 10.8. The number of rotatable bonds is 5. The van der Waals surface area contributed by atoms with Crippen LogP contribution in [0.1, 0.15) is 37.8 Å². The van der Waals surface area contributed by atoms with Crippen LogP contribution in [-0.2, 0) is 6.42 Å². The number of para-hydroxylation sites is 2. The summed E-state index contributed by atoms with van der Waals surface area (Å²) in [6, 6.07) is 28.0. The highest BCUT2D eigenvalue weighted by atomic mass is 15.1. The van der Waals surface area contributed by atoms with E-state index in [0.29, 0.717) is 5.92 Å². The Morgan fingerprint density at radius 1 is 0.708 bits per heavy atom. The molecule has 0 aromatic heterocycles. The topological polar surface area (TPSA) is 3.24 Å². The van der Waals surface area contributed by atoms with Gasteiger partial charge in [0.25, 0.3) is 0 Å². The molecule has 3 aromatic carbocycles. The average molecular weight is 315 g/mol. The van der Waals surface area contributed by atoms with Crippen molar-refractivity contribution in [2.75, 3.05) is 4.90 Å². The largest absolute Gasteiger partial charge is 0.310 e. The molecule has 0 fully saturated rings. The van der Waals surface area contributed by atoms with E-state index in [1.165, 1.54) is 28.2 Å². The lowest BCUT2D eigenvalue weighted by Gasteiger charge is -2.27. The first-order valence-electron chi connectivity index (χ1n) is 8.73. The molecule has 0 N–H and O–H groups in total. The van der Waals surface area contributed by atoms with Gasteiger partial charge in [-0.2, -0.15) is 0 Å². The third kappa shape index (κ3) is 3.35. The van der Waals surface area contributed by atoms with Crippen molar-refractivity contribution in [3.8, 4) is 0 Å². The van der Waals surface area contributed by atoms with E-state index in [9.17, 15) is 0 Å². The van der Waals surface area contributed by atoms with Gasteiger partial charge in [0.05, 0.1) is 0 Å². The number of benzene rings is 3. The van der Waals surface area contributed by atoms with Gasteiger partial charge in [-0.3, -0.25) is 0 Å². The van der Waals surface area contributed by atoms with Gasteiger partial charge in [-0.1, -0.05) is 63.2 Å². The SMILES string of the molecule is CCc1ccc(N(c2ccccc2)c2ccccc2)cc1C(C)C. The van der Waals surface area contributed by atoms with E-state index in [2.05, 4.69) is 105 Å². The monoisotopic (exact) mass is 315 g/mol. The summed E-state index contributed by atoms with van der Waals surface area (Å²) in [6.45, 7) is 6.77. The lowest BCUT2D eigenvalue weighted by molar-refractivity contribution is 0.844. The van der Waals surface area contributed by atoms with Crippen molar-refractivity contribution in [3.63, 3.8) is 0 Å². The smallest absolute Gasteiger partial charge is 0.0464 e. The van der Waals surface area contributed by atoms with Crippen LogP contribution in [0.2, 0.25) is 0 Å². The molecule has 0 heterocycles. The molecule has 0 unspecified atom stereocenters. The quantitative estimate of drug-likeness (QED) is 0.498. The molecule has 0 bridgehead atoms. The summed E-state index contributed by atoms with van der Waals surface area (Å²) in [5.41, 5.74) is 6.46. The van der Waals surface area contributed by atoms with Crippen LogP contribution in [0.25, 0.3) is 0 Å². The van der Waals surface area contributed by atoms with Crippen LogP contribution in [0.4, 0.5) is 17.1 Å².